The van der Waals surface area contributed by atoms with Gasteiger partial charge in [-0.1, -0.05) is 30.7 Å². The fourth-order valence-electron chi connectivity index (χ4n) is 1.83. The van der Waals surface area contributed by atoms with E-state index in [1.165, 1.54) is 0 Å². The van der Waals surface area contributed by atoms with Gasteiger partial charge in [0.15, 0.2) is 0 Å². The van der Waals surface area contributed by atoms with Gasteiger partial charge in [-0.25, -0.2) is 4.98 Å². The number of nitrogens with zero attached hydrogens (tertiary/aromatic N) is 2. The molecule has 1 unspecified atom stereocenters. The van der Waals surface area contributed by atoms with E-state index in [2.05, 4.69) is 4.98 Å². The number of hydrogen-bond acceptors (Lipinski definition) is 2. The first-order valence-electron chi connectivity index (χ1n) is 5.64. The van der Waals surface area contributed by atoms with Crippen molar-refractivity contribution < 1.29 is 5.11 Å². The molecule has 1 aromatic carbocycles. The molecular weight excluding hydrogens is 236 g/mol. The molecule has 0 bridgehead atoms. The van der Waals surface area contributed by atoms with E-state index in [-0.39, 0.29) is 0 Å². The maximum atomic E-state index is 10.1. The molecule has 0 saturated carbocycles. The summed E-state index contributed by atoms with van der Waals surface area (Å²) in [5.74, 6) is 0.978. The molecule has 0 aliphatic rings. The standard InChI is InChI=1S/C13H15ClN2O/c1-2-13-15-6-7-16(13)9-12(17)10-4-3-5-11(14)8-10/h3-8,12,17H,2,9H2,1H3. The summed E-state index contributed by atoms with van der Waals surface area (Å²) in [6.07, 6.45) is 3.93. The summed E-state index contributed by atoms with van der Waals surface area (Å²) in [5, 5.41) is 10.8. The topological polar surface area (TPSA) is 38.0 Å². The Kier molecular flexibility index (Phi) is 3.82. The normalized spacial score (nSPS) is 12.6. The number of hydrogen-bond donors (Lipinski definition) is 1. The highest BCUT2D eigenvalue weighted by molar-refractivity contribution is 6.30. The minimum absolute atomic E-state index is 0.503. The van der Waals surface area contributed by atoms with E-state index in [1.807, 2.05) is 29.8 Å². The monoisotopic (exact) mass is 250 g/mol. The highest BCUT2D eigenvalue weighted by Crippen LogP contribution is 2.19. The Bertz CT molecular complexity index is 496. The Morgan fingerprint density at radius 2 is 2.29 bits per heavy atom. The van der Waals surface area contributed by atoms with Crippen molar-refractivity contribution in [1.82, 2.24) is 9.55 Å². The van der Waals surface area contributed by atoms with Crippen molar-refractivity contribution in [2.75, 3.05) is 0 Å². The van der Waals surface area contributed by atoms with Crippen LogP contribution in [0.25, 0.3) is 0 Å². The van der Waals surface area contributed by atoms with Gasteiger partial charge in [0, 0.05) is 23.8 Å². The second-order valence-electron chi connectivity index (χ2n) is 3.92. The van der Waals surface area contributed by atoms with E-state index in [4.69, 9.17) is 11.6 Å². The highest BCUT2D eigenvalue weighted by Gasteiger charge is 2.10. The molecule has 0 amide bonds. The predicted octanol–water partition coefficient (Wildman–Crippen LogP) is 2.83. The minimum Gasteiger partial charge on any atom is -0.387 e. The van der Waals surface area contributed by atoms with Gasteiger partial charge in [-0.15, -0.1) is 0 Å². The van der Waals surface area contributed by atoms with Gasteiger partial charge in [0.2, 0.25) is 0 Å². The van der Waals surface area contributed by atoms with Crippen LogP contribution in [0.5, 0.6) is 0 Å². The van der Waals surface area contributed by atoms with Crippen LogP contribution in [0.2, 0.25) is 5.02 Å². The van der Waals surface area contributed by atoms with E-state index < -0.39 is 6.10 Å². The third-order valence-electron chi connectivity index (χ3n) is 2.72. The summed E-state index contributed by atoms with van der Waals surface area (Å²) >= 11 is 5.90. The van der Waals surface area contributed by atoms with Gasteiger partial charge in [0.1, 0.15) is 5.82 Å². The van der Waals surface area contributed by atoms with Crippen molar-refractivity contribution in [3.8, 4) is 0 Å². The lowest BCUT2D eigenvalue weighted by Gasteiger charge is -2.13. The third kappa shape index (κ3) is 2.87. The van der Waals surface area contributed by atoms with Gasteiger partial charge >= 0.3 is 0 Å². The number of aliphatic hydroxyl groups excluding tert-OH is 1. The lowest BCUT2D eigenvalue weighted by Crippen LogP contribution is -2.10. The average Bonchev–Trinajstić information content (AvgIpc) is 2.76. The fraction of sp³-hybridized carbons (Fsp3) is 0.308. The maximum absolute atomic E-state index is 10.1. The van der Waals surface area contributed by atoms with E-state index in [1.54, 1.807) is 18.3 Å². The van der Waals surface area contributed by atoms with Crippen molar-refractivity contribution >= 4 is 11.6 Å². The van der Waals surface area contributed by atoms with Crippen LogP contribution in [0.4, 0.5) is 0 Å². The van der Waals surface area contributed by atoms with Crippen molar-refractivity contribution in [2.24, 2.45) is 0 Å². The van der Waals surface area contributed by atoms with Crippen LogP contribution in [-0.2, 0) is 13.0 Å². The van der Waals surface area contributed by atoms with Crippen LogP contribution in [0.15, 0.2) is 36.7 Å². The summed E-state index contributed by atoms with van der Waals surface area (Å²) in [5.41, 5.74) is 0.827. The number of aryl methyl sites for hydroxylation is 1. The lowest BCUT2D eigenvalue weighted by molar-refractivity contribution is 0.155. The minimum atomic E-state index is -0.562. The van der Waals surface area contributed by atoms with Crippen molar-refractivity contribution in [1.29, 1.82) is 0 Å². The molecule has 0 fully saturated rings. The molecule has 17 heavy (non-hydrogen) atoms. The van der Waals surface area contributed by atoms with E-state index in [0.29, 0.717) is 11.6 Å². The number of imidazole rings is 1. The molecule has 0 spiro atoms. The number of aliphatic hydroxyl groups is 1. The second kappa shape index (κ2) is 5.34. The number of benzene rings is 1. The van der Waals surface area contributed by atoms with Crippen molar-refractivity contribution in [3.63, 3.8) is 0 Å². The molecule has 3 nitrogen and oxygen atoms in total. The van der Waals surface area contributed by atoms with Crippen LogP contribution >= 0.6 is 11.6 Å². The molecule has 1 aromatic heterocycles. The number of aromatic nitrogens is 2. The van der Waals surface area contributed by atoms with Gasteiger partial charge < -0.3 is 9.67 Å². The summed E-state index contributed by atoms with van der Waals surface area (Å²) in [7, 11) is 0. The van der Waals surface area contributed by atoms with Crippen LogP contribution in [-0.4, -0.2) is 14.7 Å². The molecule has 1 atom stereocenters. The van der Waals surface area contributed by atoms with E-state index >= 15 is 0 Å². The Labute approximate surface area is 106 Å². The average molecular weight is 251 g/mol. The van der Waals surface area contributed by atoms with Gasteiger partial charge in [-0.2, -0.15) is 0 Å². The van der Waals surface area contributed by atoms with Crippen LogP contribution in [0.3, 0.4) is 0 Å². The van der Waals surface area contributed by atoms with E-state index in [0.717, 1.165) is 17.8 Å². The lowest BCUT2D eigenvalue weighted by atomic mass is 10.1. The zero-order valence-corrected chi connectivity index (χ0v) is 10.4. The number of rotatable bonds is 4. The fourth-order valence-corrected chi connectivity index (χ4v) is 2.02. The molecule has 2 rings (SSSR count). The molecular formula is C13H15ClN2O. The molecule has 1 N–H and O–H groups in total. The van der Waals surface area contributed by atoms with Crippen LogP contribution in [0.1, 0.15) is 24.4 Å². The summed E-state index contributed by atoms with van der Waals surface area (Å²) in [6.45, 7) is 2.55. The zero-order chi connectivity index (χ0) is 12.3. The molecule has 0 saturated heterocycles. The Balaban J connectivity index is 2.14. The molecule has 2 aromatic rings. The van der Waals surface area contributed by atoms with Crippen molar-refractivity contribution in [2.45, 2.75) is 26.0 Å². The van der Waals surface area contributed by atoms with Gasteiger partial charge in [0.25, 0.3) is 0 Å². The van der Waals surface area contributed by atoms with Gasteiger partial charge in [-0.3, -0.25) is 0 Å². The maximum Gasteiger partial charge on any atom is 0.108 e. The molecule has 0 radical (unpaired) electrons. The summed E-state index contributed by atoms with van der Waals surface area (Å²) in [4.78, 5) is 4.22. The molecule has 4 heteroatoms. The Morgan fingerprint density at radius 3 is 3.00 bits per heavy atom. The molecule has 0 aliphatic heterocycles. The summed E-state index contributed by atoms with van der Waals surface area (Å²) in [6, 6.07) is 7.30. The SMILES string of the molecule is CCc1nccn1CC(O)c1cccc(Cl)c1. The largest absolute Gasteiger partial charge is 0.387 e. The van der Waals surface area contributed by atoms with Crippen molar-refractivity contribution in [3.05, 3.63) is 53.1 Å². The first-order valence-corrected chi connectivity index (χ1v) is 6.02. The van der Waals surface area contributed by atoms with Gasteiger partial charge in [0.05, 0.1) is 12.6 Å². The Hall–Kier alpha value is -1.32. The first kappa shape index (κ1) is 12.1. The first-order chi connectivity index (χ1) is 8.20. The van der Waals surface area contributed by atoms with Gasteiger partial charge in [-0.05, 0) is 17.7 Å². The van der Waals surface area contributed by atoms with Crippen LogP contribution < -0.4 is 0 Å². The summed E-state index contributed by atoms with van der Waals surface area (Å²) < 4.78 is 1.96. The van der Waals surface area contributed by atoms with E-state index in [9.17, 15) is 5.11 Å². The second-order valence-corrected chi connectivity index (χ2v) is 4.36. The highest BCUT2D eigenvalue weighted by atomic mass is 35.5. The molecule has 90 valence electrons. The predicted molar refractivity (Wildman–Crippen MR) is 68.0 cm³/mol. The number of halogens is 1. The molecule has 0 aliphatic carbocycles. The van der Waals surface area contributed by atoms with Crippen LogP contribution in [0, 0.1) is 0 Å². The zero-order valence-electron chi connectivity index (χ0n) is 9.68. The smallest absolute Gasteiger partial charge is 0.108 e. The molecule has 1 heterocycles. The Morgan fingerprint density at radius 1 is 1.47 bits per heavy atom. The third-order valence-corrected chi connectivity index (χ3v) is 2.96. The quantitative estimate of drug-likeness (QED) is 0.906.